The minimum atomic E-state index is -0.459. The molecular weight excluding hydrogens is 236 g/mol. The predicted molar refractivity (Wildman–Crippen MR) is 68.0 cm³/mol. The molecule has 1 saturated heterocycles. The minimum absolute atomic E-state index is 0.0670. The second-order valence-corrected chi connectivity index (χ2v) is 6.31. The van der Waals surface area contributed by atoms with Gasteiger partial charge in [0.1, 0.15) is 0 Å². The molecule has 2 rings (SSSR count). The van der Waals surface area contributed by atoms with Crippen LogP contribution >= 0.6 is 11.8 Å². The number of aliphatic hydroxyl groups excluding tert-OH is 1. The van der Waals surface area contributed by atoms with E-state index in [1.54, 1.807) is 6.92 Å². The van der Waals surface area contributed by atoms with Crippen LogP contribution in [0, 0.1) is 5.92 Å². The van der Waals surface area contributed by atoms with Crippen molar-refractivity contribution in [3.63, 3.8) is 0 Å². The summed E-state index contributed by atoms with van der Waals surface area (Å²) in [5.41, 5.74) is 0. The van der Waals surface area contributed by atoms with Gasteiger partial charge in [-0.05, 0) is 31.4 Å². The summed E-state index contributed by atoms with van der Waals surface area (Å²) in [7, 11) is 0. The highest BCUT2D eigenvalue weighted by Gasteiger charge is 2.29. The Labute approximate surface area is 106 Å². The van der Waals surface area contributed by atoms with Crippen molar-refractivity contribution in [2.24, 2.45) is 5.92 Å². The SMILES string of the molecule is CC(C)C(c1nc(C2CCCS2)no1)C(C)O. The van der Waals surface area contributed by atoms with E-state index in [1.807, 2.05) is 11.8 Å². The third-order valence-corrected chi connectivity index (χ3v) is 4.57. The molecular formula is C12H20N2O2S. The van der Waals surface area contributed by atoms with E-state index in [0.717, 1.165) is 12.2 Å². The molecule has 96 valence electrons. The van der Waals surface area contributed by atoms with Gasteiger partial charge in [0.2, 0.25) is 5.89 Å². The lowest BCUT2D eigenvalue weighted by atomic mass is 9.91. The average molecular weight is 256 g/mol. The number of aromatic nitrogens is 2. The highest BCUT2D eigenvalue weighted by Crippen LogP contribution is 2.39. The van der Waals surface area contributed by atoms with E-state index in [-0.39, 0.29) is 5.92 Å². The molecule has 0 spiro atoms. The van der Waals surface area contributed by atoms with E-state index >= 15 is 0 Å². The van der Waals surface area contributed by atoms with E-state index in [0.29, 0.717) is 17.1 Å². The first-order valence-electron chi connectivity index (χ1n) is 6.22. The minimum Gasteiger partial charge on any atom is -0.393 e. The molecule has 0 aromatic carbocycles. The van der Waals surface area contributed by atoms with Crippen LogP contribution in [0.4, 0.5) is 0 Å². The van der Waals surface area contributed by atoms with Gasteiger partial charge in [-0.1, -0.05) is 19.0 Å². The van der Waals surface area contributed by atoms with Gasteiger partial charge in [-0.25, -0.2) is 0 Å². The standard InChI is InChI=1S/C12H20N2O2S/c1-7(2)10(8(3)15)12-13-11(14-16-12)9-5-4-6-17-9/h7-10,15H,4-6H2,1-3H3. The Kier molecular flexibility index (Phi) is 4.09. The smallest absolute Gasteiger partial charge is 0.232 e. The Hall–Kier alpha value is -0.550. The first-order valence-corrected chi connectivity index (χ1v) is 7.27. The molecule has 0 aliphatic carbocycles. The third-order valence-electron chi connectivity index (χ3n) is 3.20. The van der Waals surface area contributed by atoms with Gasteiger partial charge in [-0.2, -0.15) is 16.7 Å². The van der Waals surface area contributed by atoms with Crippen molar-refractivity contribution >= 4 is 11.8 Å². The highest BCUT2D eigenvalue weighted by atomic mass is 32.2. The Bertz CT molecular complexity index is 351. The van der Waals surface area contributed by atoms with Crippen LogP contribution < -0.4 is 0 Å². The zero-order valence-corrected chi connectivity index (χ0v) is 11.4. The number of thioether (sulfide) groups is 1. The maximum atomic E-state index is 9.78. The summed E-state index contributed by atoms with van der Waals surface area (Å²) in [5.74, 6) is 2.78. The van der Waals surface area contributed by atoms with Gasteiger partial charge >= 0.3 is 0 Å². The maximum Gasteiger partial charge on any atom is 0.232 e. The molecule has 1 aliphatic heterocycles. The maximum absolute atomic E-state index is 9.78. The van der Waals surface area contributed by atoms with Crippen molar-refractivity contribution < 1.29 is 9.63 Å². The monoisotopic (exact) mass is 256 g/mol. The number of hydrogen-bond acceptors (Lipinski definition) is 5. The fourth-order valence-electron chi connectivity index (χ4n) is 2.34. The molecule has 0 amide bonds. The lowest BCUT2D eigenvalue weighted by Crippen LogP contribution is -2.20. The first-order chi connectivity index (χ1) is 8.09. The molecule has 0 radical (unpaired) electrons. The van der Waals surface area contributed by atoms with Crippen molar-refractivity contribution in [1.29, 1.82) is 0 Å². The molecule has 1 N–H and O–H groups in total. The van der Waals surface area contributed by atoms with E-state index in [9.17, 15) is 5.11 Å². The van der Waals surface area contributed by atoms with Gasteiger partial charge in [0.25, 0.3) is 0 Å². The van der Waals surface area contributed by atoms with Crippen LogP contribution in [0.3, 0.4) is 0 Å². The highest BCUT2D eigenvalue weighted by molar-refractivity contribution is 7.99. The van der Waals surface area contributed by atoms with Crippen molar-refractivity contribution in [3.8, 4) is 0 Å². The molecule has 17 heavy (non-hydrogen) atoms. The summed E-state index contributed by atoms with van der Waals surface area (Å²) < 4.78 is 5.33. The molecule has 2 heterocycles. The van der Waals surface area contributed by atoms with Crippen LogP contribution in [-0.4, -0.2) is 27.1 Å². The van der Waals surface area contributed by atoms with Crippen molar-refractivity contribution in [3.05, 3.63) is 11.7 Å². The van der Waals surface area contributed by atoms with Crippen molar-refractivity contribution in [2.45, 2.75) is 50.9 Å². The van der Waals surface area contributed by atoms with E-state index in [4.69, 9.17) is 4.52 Å². The first kappa shape index (κ1) is 12.9. The second kappa shape index (κ2) is 5.40. The molecule has 0 bridgehead atoms. The molecule has 5 heteroatoms. The Morgan fingerprint density at radius 1 is 1.41 bits per heavy atom. The average Bonchev–Trinajstić information content (AvgIpc) is 2.83. The van der Waals surface area contributed by atoms with Crippen LogP contribution in [0.1, 0.15) is 56.5 Å². The van der Waals surface area contributed by atoms with Crippen molar-refractivity contribution in [2.75, 3.05) is 5.75 Å². The molecule has 4 nitrogen and oxygen atoms in total. The molecule has 1 aliphatic rings. The van der Waals surface area contributed by atoms with E-state index in [2.05, 4.69) is 24.0 Å². The van der Waals surface area contributed by atoms with Crippen LogP contribution in [0.25, 0.3) is 0 Å². The van der Waals surface area contributed by atoms with Gasteiger partial charge in [0.15, 0.2) is 5.82 Å². The number of hydrogen-bond donors (Lipinski definition) is 1. The lowest BCUT2D eigenvalue weighted by molar-refractivity contribution is 0.120. The molecule has 1 aromatic rings. The summed E-state index contributed by atoms with van der Waals surface area (Å²) in [4.78, 5) is 4.48. The summed E-state index contributed by atoms with van der Waals surface area (Å²) in [6.07, 6.45) is 1.90. The van der Waals surface area contributed by atoms with E-state index < -0.39 is 6.10 Å². The molecule has 0 saturated carbocycles. The zero-order valence-electron chi connectivity index (χ0n) is 10.6. The predicted octanol–water partition coefficient (Wildman–Crippen LogP) is 2.76. The van der Waals surface area contributed by atoms with Crippen LogP contribution in [0.5, 0.6) is 0 Å². The van der Waals surface area contributed by atoms with Gasteiger partial charge in [-0.3, -0.25) is 0 Å². The summed E-state index contributed by atoms with van der Waals surface area (Å²) in [6.45, 7) is 5.90. The quantitative estimate of drug-likeness (QED) is 0.897. The van der Waals surface area contributed by atoms with Crippen LogP contribution in [0.2, 0.25) is 0 Å². The largest absolute Gasteiger partial charge is 0.393 e. The van der Waals surface area contributed by atoms with Gasteiger partial charge in [0, 0.05) is 0 Å². The second-order valence-electron chi connectivity index (χ2n) is 5.00. The Morgan fingerprint density at radius 3 is 2.71 bits per heavy atom. The Balaban J connectivity index is 2.15. The molecule has 1 fully saturated rings. The molecule has 1 aromatic heterocycles. The van der Waals surface area contributed by atoms with Gasteiger partial charge < -0.3 is 9.63 Å². The fourth-order valence-corrected chi connectivity index (χ4v) is 3.54. The van der Waals surface area contributed by atoms with Crippen LogP contribution in [0.15, 0.2) is 4.52 Å². The molecule has 3 atom stereocenters. The number of rotatable bonds is 4. The van der Waals surface area contributed by atoms with Gasteiger partial charge in [-0.15, -0.1) is 0 Å². The van der Waals surface area contributed by atoms with Crippen molar-refractivity contribution in [1.82, 2.24) is 10.1 Å². The third kappa shape index (κ3) is 2.83. The fraction of sp³-hybridized carbons (Fsp3) is 0.833. The normalized spacial score (nSPS) is 24.2. The number of nitrogens with zero attached hydrogens (tertiary/aromatic N) is 2. The summed E-state index contributed by atoms with van der Waals surface area (Å²) in [6, 6.07) is 0. The number of aliphatic hydroxyl groups is 1. The summed E-state index contributed by atoms with van der Waals surface area (Å²) in [5, 5.41) is 14.2. The topological polar surface area (TPSA) is 59.2 Å². The summed E-state index contributed by atoms with van der Waals surface area (Å²) >= 11 is 1.89. The van der Waals surface area contributed by atoms with E-state index in [1.165, 1.54) is 12.2 Å². The van der Waals surface area contributed by atoms with Crippen LogP contribution in [-0.2, 0) is 0 Å². The lowest BCUT2D eigenvalue weighted by Gasteiger charge is -2.19. The zero-order chi connectivity index (χ0) is 12.4. The molecule has 3 unspecified atom stereocenters. The Morgan fingerprint density at radius 2 is 2.18 bits per heavy atom. The van der Waals surface area contributed by atoms with Gasteiger partial charge in [0.05, 0.1) is 17.3 Å².